The summed E-state index contributed by atoms with van der Waals surface area (Å²) in [5.41, 5.74) is 0.787. The number of hydrogen-bond acceptors (Lipinski definition) is 3. The normalized spacial score (nSPS) is 23.6. The Morgan fingerprint density at radius 3 is 2.58 bits per heavy atom. The zero-order chi connectivity index (χ0) is 16.9. The monoisotopic (exact) mass is 338 g/mol. The van der Waals surface area contributed by atoms with Gasteiger partial charge in [0.15, 0.2) is 11.6 Å². The molecule has 5 heteroatoms. The maximum absolute atomic E-state index is 13.4. The molecule has 0 N–H and O–H groups in total. The van der Waals surface area contributed by atoms with Gasteiger partial charge in [-0.05, 0) is 50.8 Å². The van der Waals surface area contributed by atoms with Gasteiger partial charge in [-0.2, -0.15) is 0 Å². The molecule has 2 saturated heterocycles. The van der Waals surface area contributed by atoms with Crippen molar-refractivity contribution in [2.45, 2.75) is 51.2 Å². The zero-order valence-electron chi connectivity index (χ0n) is 14.5. The number of likely N-dealkylation sites (tertiary alicyclic amines) is 1. The van der Waals surface area contributed by atoms with Crippen molar-refractivity contribution in [3.8, 4) is 0 Å². The van der Waals surface area contributed by atoms with Crippen molar-refractivity contribution in [3.05, 3.63) is 29.8 Å². The van der Waals surface area contributed by atoms with E-state index in [-0.39, 0.29) is 0 Å². The SMILES string of the molecule is CCCO[C@@H]1CCCN(C2CCN(c3ccc(F)c(F)c3)CC2)C1. The first kappa shape index (κ1) is 17.6. The Kier molecular flexibility index (Phi) is 6.06. The summed E-state index contributed by atoms with van der Waals surface area (Å²) in [4.78, 5) is 4.74. The average molecular weight is 338 g/mol. The van der Waals surface area contributed by atoms with Crippen LogP contribution >= 0.6 is 0 Å². The van der Waals surface area contributed by atoms with Crippen molar-refractivity contribution >= 4 is 5.69 Å². The molecule has 1 aromatic rings. The Hall–Kier alpha value is -1.20. The first-order valence-corrected chi connectivity index (χ1v) is 9.23. The summed E-state index contributed by atoms with van der Waals surface area (Å²) in [6.07, 6.45) is 5.97. The van der Waals surface area contributed by atoms with Gasteiger partial charge < -0.3 is 9.64 Å². The zero-order valence-corrected chi connectivity index (χ0v) is 14.5. The molecule has 0 bridgehead atoms. The molecular formula is C19H28F2N2O. The quantitative estimate of drug-likeness (QED) is 0.812. The highest BCUT2D eigenvalue weighted by Gasteiger charge is 2.29. The third-order valence-electron chi connectivity index (χ3n) is 5.22. The predicted molar refractivity (Wildman–Crippen MR) is 92.4 cm³/mol. The van der Waals surface area contributed by atoms with Gasteiger partial charge in [-0.25, -0.2) is 8.78 Å². The Morgan fingerprint density at radius 1 is 1.08 bits per heavy atom. The lowest BCUT2D eigenvalue weighted by molar-refractivity contribution is -0.0155. The molecule has 2 fully saturated rings. The third-order valence-corrected chi connectivity index (χ3v) is 5.22. The van der Waals surface area contributed by atoms with Crippen LogP contribution < -0.4 is 4.90 Å². The number of benzene rings is 1. The predicted octanol–water partition coefficient (Wildman–Crippen LogP) is 3.82. The van der Waals surface area contributed by atoms with Gasteiger partial charge in [-0.3, -0.25) is 4.90 Å². The second-order valence-corrected chi connectivity index (χ2v) is 6.95. The van der Waals surface area contributed by atoms with Gasteiger partial charge in [0, 0.05) is 44.0 Å². The van der Waals surface area contributed by atoms with Crippen molar-refractivity contribution in [2.75, 3.05) is 37.7 Å². The van der Waals surface area contributed by atoms with Gasteiger partial charge in [0.25, 0.3) is 0 Å². The fourth-order valence-corrected chi connectivity index (χ4v) is 3.89. The summed E-state index contributed by atoms with van der Waals surface area (Å²) in [6, 6.07) is 4.79. The lowest BCUT2D eigenvalue weighted by Crippen LogP contribution is -2.50. The number of halogens is 2. The molecule has 24 heavy (non-hydrogen) atoms. The molecule has 0 amide bonds. The van der Waals surface area contributed by atoms with Gasteiger partial charge in [-0.15, -0.1) is 0 Å². The van der Waals surface area contributed by atoms with Crippen LogP contribution in [-0.4, -0.2) is 49.8 Å². The molecule has 0 aliphatic carbocycles. The second-order valence-electron chi connectivity index (χ2n) is 6.95. The molecule has 0 aromatic heterocycles. The molecule has 0 spiro atoms. The highest BCUT2D eigenvalue weighted by molar-refractivity contribution is 5.47. The van der Waals surface area contributed by atoms with E-state index in [1.165, 1.54) is 25.0 Å². The molecule has 134 valence electrons. The van der Waals surface area contributed by atoms with E-state index in [4.69, 9.17) is 4.74 Å². The number of nitrogens with zero attached hydrogens (tertiary/aromatic N) is 2. The maximum Gasteiger partial charge on any atom is 0.160 e. The summed E-state index contributed by atoms with van der Waals surface area (Å²) < 4.78 is 32.4. The van der Waals surface area contributed by atoms with Crippen molar-refractivity contribution in [1.82, 2.24) is 4.90 Å². The molecule has 0 unspecified atom stereocenters. The lowest BCUT2D eigenvalue weighted by atomic mass is 9.98. The minimum atomic E-state index is -0.778. The van der Waals surface area contributed by atoms with E-state index < -0.39 is 11.6 Å². The van der Waals surface area contributed by atoms with Gasteiger partial charge in [0.05, 0.1) is 6.10 Å². The van der Waals surface area contributed by atoms with Gasteiger partial charge in [-0.1, -0.05) is 6.92 Å². The maximum atomic E-state index is 13.4. The molecule has 1 aromatic carbocycles. The van der Waals surface area contributed by atoms with Crippen LogP contribution in [0.15, 0.2) is 18.2 Å². The average Bonchev–Trinajstić information content (AvgIpc) is 2.63. The van der Waals surface area contributed by atoms with Gasteiger partial charge in [0.1, 0.15) is 0 Å². The molecule has 0 saturated carbocycles. The van der Waals surface area contributed by atoms with Crippen LogP contribution in [0.25, 0.3) is 0 Å². The molecular weight excluding hydrogens is 310 g/mol. The Bertz CT molecular complexity index is 532. The van der Waals surface area contributed by atoms with Crippen LogP contribution in [0.2, 0.25) is 0 Å². The van der Waals surface area contributed by atoms with Crippen LogP contribution in [0, 0.1) is 11.6 Å². The molecule has 3 nitrogen and oxygen atoms in total. The Balaban J connectivity index is 1.52. The molecule has 2 aliphatic rings. The third kappa shape index (κ3) is 4.25. The fourth-order valence-electron chi connectivity index (χ4n) is 3.89. The molecule has 0 radical (unpaired) electrons. The largest absolute Gasteiger partial charge is 0.377 e. The number of ether oxygens (including phenoxy) is 1. The number of anilines is 1. The first-order valence-electron chi connectivity index (χ1n) is 9.23. The number of piperidine rings is 2. The molecule has 3 rings (SSSR count). The topological polar surface area (TPSA) is 15.7 Å². The highest BCUT2D eigenvalue weighted by atomic mass is 19.2. The van der Waals surface area contributed by atoms with Crippen molar-refractivity contribution in [2.24, 2.45) is 0 Å². The Morgan fingerprint density at radius 2 is 1.88 bits per heavy atom. The minimum Gasteiger partial charge on any atom is -0.377 e. The summed E-state index contributed by atoms with van der Waals surface area (Å²) >= 11 is 0. The Labute approximate surface area is 143 Å². The lowest BCUT2D eigenvalue weighted by Gasteiger charge is -2.42. The van der Waals surface area contributed by atoms with Crippen LogP contribution in [-0.2, 0) is 4.74 Å². The molecule has 2 heterocycles. The highest BCUT2D eigenvalue weighted by Crippen LogP contribution is 2.26. The van der Waals surface area contributed by atoms with Crippen molar-refractivity contribution in [3.63, 3.8) is 0 Å². The van der Waals surface area contributed by atoms with E-state index in [2.05, 4.69) is 16.7 Å². The van der Waals surface area contributed by atoms with Crippen molar-refractivity contribution < 1.29 is 13.5 Å². The van der Waals surface area contributed by atoms with Gasteiger partial charge >= 0.3 is 0 Å². The van der Waals surface area contributed by atoms with Crippen LogP contribution in [0.5, 0.6) is 0 Å². The fraction of sp³-hybridized carbons (Fsp3) is 0.684. The molecule has 2 aliphatic heterocycles. The van der Waals surface area contributed by atoms with E-state index in [0.717, 1.165) is 57.7 Å². The van der Waals surface area contributed by atoms with E-state index in [0.29, 0.717) is 12.1 Å². The van der Waals surface area contributed by atoms with Crippen LogP contribution in [0.4, 0.5) is 14.5 Å². The van der Waals surface area contributed by atoms with Crippen LogP contribution in [0.1, 0.15) is 39.0 Å². The number of rotatable bonds is 5. The summed E-state index contributed by atoms with van der Waals surface area (Å²) in [7, 11) is 0. The van der Waals surface area contributed by atoms with E-state index in [9.17, 15) is 8.78 Å². The number of hydrogen-bond donors (Lipinski definition) is 0. The molecule has 1 atom stereocenters. The van der Waals surface area contributed by atoms with E-state index >= 15 is 0 Å². The minimum absolute atomic E-state index is 0.378. The summed E-state index contributed by atoms with van der Waals surface area (Å²) in [5.74, 6) is -1.54. The smallest absolute Gasteiger partial charge is 0.160 e. The van der Waals surface area contributed by atoms with Crippen molar-refractivity contribution in [1.29, 1.82) is 0 Å². The van der Waals surface area contributed by atoms with Gasteiger partial charge in [0.2, 0.25) is 0 Å². The second kappa shape index (κ2) is 8.26. The van der Waals surface area contributed by atoms with Crippen LogP contribution in [0.3, 0.4) is 0 Å². The first-order chi connectivity index (χ1) is 11.7. The summed E-state index contributed by atoms with van der Waals surface area (Å²) in [5, 5.41) is 0. The summed E-state index contributed by atoms with van der Waals surface area (Å²) in [6.45, 7) is 6.98. The standard InChI is InChI=1S/C19H28F2N2O/c1-2-12-24-17-4-3-9-23(14-17)15-7-10-22(11-8-15)16-5-6-18(20)19(21)13-16/h5-6,13,15,17H,2-4,7-12,14H2,1H3/t17-/m1/s1. The van der Waals surface area contributed by atoms with E-state index in [1.54, 1.807) is 6.07 Å². The van der Waals surface area contributed by atoms with E-state index in [1.807, 2.05) is 0 Å².